The van der Waals surface area contributed by atoms with Crippen LogP contribution in [0.25, 0.3) is 0 Å². The van der Waals surface area contributed by atoms with Crippen molar-refractivity contribution >= 4 is 34.8 Å². The Morgan fingerprint density at radius 1 is 1.06 bits per heavy atom. The largest absolute Gasteiger partial charge is 0.496 e. The third-order valence-corrected chi connectivity index (χ3v) is 8.60. The van der Waals surface area contributed by atoms with Crippen LogP contribution in [-0.2, 0) is 9.53 Å². The van der Waals surface area contributed by atoms with Crippen LogP contribution in [0, 0.1) is 5.41 Å². The van der Waals surface area contributed by atoms with Gasteiger partial charge in [-0.05, 0) is 56.0 Å². The Hall–Kier alpha value is -1.95. The lowest BCUT2D eigenvalue weighted by Gasteiger charge is -2.42. The Bertz CT molecular complexity index is 1090. The number of alkyl halides is 2. The maximum absolute atomic E-state index is 12.8. The molecule has 176 valence electrons. The fraction of sp³-hybridized carbons (Fsp3) is 0.500. The van der Waals surface area contributed by atoms with Crippen molar-refractivity contribution in [2.24, 2.45) is 5.41 Å². The number of rotatable bonds is 5. The summed E-state index contributed by atoms with van der Waals surface area (Å²) < 4.78 is 17.3. The van der Waals surface area contributed by atoms with Crippen molar-refractivity contribution in [3.8, 4) is 11.5 Å². The molecule has 2 aliphatic carbocycles. The lowest BCUT2D eigenvalue weighted by atomic mass is 9.75. The molecule has 2 fully saturated rings. The molecule has 0 unspecified atom stereocenters. The second-order valence-corrected chi connectivity index (χ2v) is 11.0. The van der Waals surface area contributed by atoms with E-state index < -0.39 is 9.75 Å². The van der Waals surface area contributed by atoms with Crippen molar-refractivity contribution in [3.05, 3.63) is 53.1 Å². The van der Waals surface area contributed by atoms with E-state index in [1.807, 2.05) is 36.4 Å². The lowest BCUT2D eigenvalue weighted by molar-refractivity contribution is -0.120. The fourth-order valence-corrected chi connectivity index (χ4v) is 6.08. The standard InChI is InChI=1S/C26H29Cl2NO4/c1-25(14-26(25,27)28)24(30)29-16-8-6-7-15(13-16)23-22-20(32-3)12-11-19(31-2)21(22)17-9-4-5-10-18(17)33-23/h6-8,11-13,17-18,23H,4-5,9-10,14H2,1-3H3,(H,29,30)/t17-,18+,23+,25+/m0/s1. The van der Waals surface area contributed by atoms with Crippen molar-refractivity contribution in [2.75, 3.05) is 19.5 Å². The van der Waals surface area contributed by atoms with Crippen molar-refractivity contribution in [1.29, 1.82) is 0 Å². The molecular formula is C26H29Cl2NO4. The minimum absolute atomic E-state index is 0.119. The molecule has 2 saturated carbocycles. The third-order valence-electron chi connectivity index (χ3n) is 7.50. The highest BCUT2D eigenvalue weighted by molar-refractivity contribution is 6.53. The maximum atomic E-state index is 12.8. The molecule has 0 bridgehead atoms. The molecule has 1 amide bonds. The van der Waals surface area contributed by atoms with E-state index in [1.165, 1.54) is 12.0 Å². The van der Waals surface area contributed by atoms with E-state index in [0.29, 0.717) is 12.1 Å². The Kier molecular flexibility index (Phi) is 5.79. The molecule has 3 aliphatic rings. The summed E-state index contributed by atoms with van der Waals surface area (Å²) in [4.78, 5) is 12.8. The van der Waals surface area contributed by atoms with Crippen LogP contribution in [0.1, 0.15) is 67.7 Å². The number of halogens is 2. The average molecular weight is 490 g/mol. The molecule has 2 aromatic carbocycles. The number of anilines is 1. The van der Waals surface area contributed by atoms with E-state index in [-0.39, 0.29) is 24.0 Å². The van der Waals surface area contributed by atoms with Crippen molar-refractivity contribution < 1.29 is 19.0 Å². The van der Waals surface area contributed by atoms with Crippen LogP contribution in [-0.4, -0.2) is 30.6 Å². The third kappa shape index (κ3) is 3.78. The number of benzene rings is 2. The van der Waals surface area contributed by atoms with Gasteiger partial charge in [-0.15, -0.1) is 23.2 Å². The molecule has 0 radical (unpaired) electrons. The smallest absolute Gasteiger partial charge is 0.233 e. The van der Waals surface area contributed by atoms with Crippen LogP contribution in [0.5, 0.6) is 11.5 Å². The van der Waals surface area contributed by atoms with Crippen LogP contribution in [0.15, 0.2) is 36.4 Å². The number of amides is 1. The summed E-state index contributed by atoms with van der Waals surface area (Å²) in [5.74, 6) is 1.77. The van der Waals surface area contributed by atoms with Crippen LogP contribution < -0.4 is 14.8 Å². The second kappa shape index (κ2) is 8.37. The first kappa shape index (κ1) is 22.8. The first-order valence-corrected chi connectivity index (χ1v) is 12.2. The molecule has 1 N–H and O–H groups in total. The molecule has 1 heterocycles. The number of hydrogen-bond donors (Lipinski definition) is 1. The first-order valence-electron chi connectivity index (χ1n) is 11.5. The Balaban J connectivity index is 1.54. The second-order valence-electron chi connectivity index (χ2n) is 9.54. The van der Waals surface area contributed by atoms with E-state index in [0.717, 1.165) is 41.9 Å². The minimum atomic E-state index is -1.01. The van der Waals surface area contributed by atoms with Gasteiger partial charge < -0.3 is 19.5 Å². The maximum Gasteiger partial charge on any atom is 0.233 e. The number of ether oxygens (including phenoxy) is 3. The van der Waals surface area contributed by atoms with Crippen molar-refractivity contribution in [2.45, 2.75) is 61.5 Å². The van der Waals surface area contributed by atoms with Crippen molar-refractivity contribution in [1.82, 2.24) is 0 Å². The summed E-state index contributed by atoms with van der Waals surface area (Å²) in [5, 5.41) is 2.99. The van der Waals surface area contributed by atoms with Gasteiger partial charge in [-0.1, -0.05) is 25.0 Å². The van der Waals surface area contributed by atoms with Crippen LogP contribution in [0.4, 0.5) is 5.69 Å². The summed E-state index contributed by atoms with van der Waals surface area (Å²) in [6.07, 6.45) is 4.66. The van der Waals surface area contributed by atoms with E-state index in [1.54, 1.807) is 21.1 Å². The summed E-state index contributed by atoms with van der Waals surface area (Å²) in [6.45, 7) is 1.78. The summed E-state index contributed by atoms with van der Waals surface area (Å²) in [7, 11) is 3.40. The number of nitrogens with one attached hydrogen (secondary N) is 1. The number of carbonyl (C=O) groups is 1. The zero-order valence-corrected chi connectivity index (χ0v) is 20.6. The molecule has 33 heavy (non-hydrogen) atoms. The van der Waals surface area contributed by atoms with Crippen LogP contribution in [0.2, 0.25) is 0 Å². The zero-order valence-electron chi connectivity index (χ0n) is 19.1. The van der Waals surface area contributed by atoms with Gasteiger partial charge in [0.1, 0.15) is 21.9 Å². The molecule has 2 aromatic rings. The van der Waals surface area contributed by atoms with Gasteiger partial charge in [-0.3, -0.25) is 4.79 Å². The van der Waals surface area contributed by atoms with Gasteiger partial charge in [-0.25, -0.2) is 0 Å². The van der Waals surface area contributed by atoms with E-state index in [9.17, 15) is 4.79 Å². The summed E-state index contributed by atoms with van der Waals surface area (Å²) in [6, 6.07) is 11.7. The molecule has 0 aromatic heterocycles. The van der Waals surface area contributed by atoms with Gasteiger partial charge in [-0.2, -0.15) is 0 Å². The molecule has 0 saturated heterocycles. The Morgan fingerprint density at radius 2 is 1.73 bits per heavy atom. The van der Waals surface area contributed by atoms with Gasteiger partial charge in [0.05, 0.1) is 25.7 Å². The molecule has 7 heteroatoms. The monoisotopic (exact) mass is 489 g/mol. The molecular weight excluding hydrogens is 461 g/mol. The highest BCUT2D eigenvalue weighted by Crippen LogP contribution is 2.64. The fourth-order valence-electron chi connectivity index (χ4n) is 5.38. The number of carbonyl (C=O) groups excluding carboxylic acids is 1. The van der Waals surface area contributed by atoms with Crippen molar-refractivity contribution in [3.63, 3.8) is 0 Å². The lowest BCUT2D eigenvalue weighted by Crippen LogP contribution is -2.34. The molecule has 0 spiro atoms. The van der Waals surface area contributed by atoms with Crippen LogP contribution in [0.3, 0.4) is 0 Å². The first-order chi connectivity index (χ1) is 15.8. The highest BCUT2D eigenvalue weighted by atomic mass is 35.5. The van der Waals surface area contributed by atoms with Gasteiger partial charge in [0.25, 0.3) is 0 Å². The predicted molar refractivity (Wildman–Crippen MR) is 130 cm³/mol. The van der Waals surface area contributed by atoms with Gasteiger partial charge in [0.2, 0.25) is 5.91 Å². The Labute approximate surface area is 204 Å². The predicted octanol–water partition coefficient (Wildman–Crippen LogP) is 6.37. The topological polar surface area (TPSA) is 56.8 Å². The normalized spacial score (nSPS) is 29.4. The van der Waals surface area contributed by atoms with Gasteiger partial charge in [0, 0.05) is 22.7 Å². The molecule has 1 aliphatic heterocycles. The van der Waals surface area contributed by atoms with Gasteiger partial charge in [0.15, 0.2) is 0 Å². The summed E-state index contributed by atoms with van der Waals surface area (Å²) >= 11 is 12.4. The van der Waals surface area contributed by atoms with Crippen LogP contribution >= 0.6 is 23.2 Å². The SMILES string of the molecule is COc1ccc(OC)c2c1[C@@H](c1cccc(NC(=O)[C@@]3(C)CC3(Cl)Cl)c1)O[C@@H]1CCCC[C@H]21. The molecule has 5 rings (SSSR count). The van der Waals surface area contributed by atoms with E-state index in [4.69, 9.17) is 37.4 Å². The van der Waals surface area contributed by atoms with Gasteiger partial charge >= 0.3 is 0 Å². The average Bonchev–Trinajstić information content (AvgIpc) is 3.36. The minimum Gasteiger partial charge on any atom is -0.496 e. The molecule has 4 atom stereocenters. The zero-order chi connectivity index (χ0) is 23.4. The Morgan fingerprint density at radius 3 is 2.39 bits per heavy atom. The number of fused-ring (bicyclic) bond motifs is 3. The van der Waals surface area contributed by atoms with E-state index >= 15 is 0 Å². The summed E-state index contributed by atoms with van der Waals surface area (Å²) in [5.41, 5.74) is 3.05. The molecule has 5 nitrogen and oxygen atoms in total. The number of methoxy groups -OCH3 is 2. The van der Waals surface area contributed by atoms with E-state index in [2.05, 4.69) is 5.32 Å². The highest BCUT2D eigenvalue weighted by Gasteiger charge is 2.67. The quantitative estimate of drug-likeness (QED) is 0.495. The number of hydrogen-bond acceptors (Lipinski definition) is 4.